The van der Waals surface area contributed by atoms with Gasteiger partial charge in [0.2, 0.25) is 0 Å². The second kappa shape index (κ2) is 6.69. The minimum Gasteiger partial charge on any atom is -0.434 e. The summed E-state index contributed by atoms with van der Waals surface area (Å²) in [6.45, 7) is 4.55. The second-order valence-electron chi connectivity index (χ2n) is 6.06. The summed E-state index contributed by atoms with van der Waals surface area (Å²) in [5, 5.41) is 4.23. The fourth-order valence-corrected chi connectivity index (χ4v) is 2.52. The van der Waals surface area contributed by atoms with E-state index in [1.807, 2.05) is 36.4 Å². The van der Waals surface area contributed by atoms with E-state index in [2.05, 4.69) is 26.0 Å². The van der Waals surface area contributed by atoms with Crippen LogP contribution in [0.25, 0.3) is 21.5 Å². The normalized spacial score (nSPS) is 11.1. The highest BCUT2D eigenvalue weighted by Gasteiger charge is 2.10. The highest BCUT2D eigenvalue weighted by atomic mass is 16.7. The van der Waals surface area contributed by atoms with Gasteiger partial charge in [-0.05, 0) is 46.7 Å². The fourth-order valence-electron chi connectivity index (χ4n) is 2.52. The van der Waals surface area contributed by atoms with Gasteiger partial charge in [-0.1, -0.05) is 50.2 Å². The number of carbonyl (C=O) groups is 1. The van der Waals surface area contributed by atoms with E-state index in [-0.39, 0.29) is 0 Å². The average molecular weight is 308 g/mol. The summed E-state index contributed by atoms with van der Waals surface area (Å²) in [5.41, 5.74) is 0. The third kappa shape index (κ3) is 3.62. The van der Waals surface area contributed by atoms with Crippen molar-refractivity contribution >= 4 is 27.7 Å². The van der Waals surface area contributed by atoms with Crippen molar-refractivity contribution < 1.29 is 14.3 Å². The van der Waals surface area contributed by atoms with Gasteiger partial charge in [0, 0.05) is 5.39 Å². The molecule has 0 aliphatic heterocycles. The van der Waals surface area contributed by atoms with Crippen molar-refractivity contribution in [1.82, 2.24) is 0 Å². The lowest BCUT2D eigenvalue weighted by atomic mass is 10.0. The molecule has 0 fully saturated rings. The first kappa shape index (κ1) is 15.3. The Labute approximate surface area is 135 Å². The Morgan fingerprint density at radius 1 is 0.957 bits per heavy atom. The van der Waals surface area contributed by atoms with Gasteiger partial charge in [-0.3, -0.25) is 0 Å². The van der Waals surface area contributed by atoms with E-state index < -0.39 is 6.16 Å². The van der Waals surface area contributed by atoms with Crippen molar-refractivity contribution in [2.75, 3.05) is 6.61 Å². The number of carbonyl (C=O) groups excluding carboxylic acids is 1. The summed E-state index contributed by atoms with van der Waals surface area (Å²) in [6, 6.07) is 18.0. The predicted molar refractivity (Wildman–Crippen MR) is 92.9 cm³/mol. The van der Waals surface area contributed by atoms with Crippen LogP contribution in [0.5, 0.6) is 5.75 Å². The Morgan fingerprint density at radius 2 is 1.65 bits per heavy atom. The summed E-state index contributed by atoms with van der Waals surface area (Å²) in [6.07, 6.45) is 0.182. The molecule has 0 aromatic heterocycles. The third-order valence-corrected chi connectivity index (χ3v) is 3.82. The molecule has 118 valence electrons. The summed E-state index contributed by atoms with van der Waals surface area (Å²) < 4.78 is 10.5. The highest BCUT2D eigenvalue weighted by Crippen LogP contribution is 2.30. The molecule has 0 spiro atoms. The van der Waals surface area contributed by atoms with Gasteiger partial charge < -0.3 is 9.47 Å². The van der Waals surface area contributed by atoms with Gasteiger partial charge in [0.15, 0.2) is 0 Å². The first-order valence-corrected chi connectivity index (χ1v) is 7.89. The van der Waals surface area contributed by atoms with Gasteiger partial charge in [0.05, 0.1) is 6.61 Å². The topological polar surface area (TPSA) is 35.5 Å². The molecule has 0 unspecified atom stereocenters. The lowest BCUT2D eigenvalue weighted by Crippen LogP contribution is -2.12. The number of rotatable bonds is 4. The SMILES string of the molecule is CC(C)CCOC(=O)Oc1cccc2cc3ccccc3cc12. The van der Waals surface area contributed by atoms with Crippen molar-refractivity contribution in [1.29, 1.82) is 0 Å². The highest BCUT2D eigenvalue weighted by molar-refractivity contribution is 6.01. The standard InChI is InChI=1S/C20H20O3/c1-14(2)10-11-22-20(21)23-19-9-5-8-17-12-15-6-3-4-7-16(15)13-18(17)19/h3-9,12-14H,10-11H2,1-2H3. The Kier molecular flexibility index (Phi) is 4.47. The van der Waals surface area contributed by atoms with Gasteiger partial charge in [0.25, 0.3) is 0 Å². The molecular formula is C20H20O3. The molecular weight excluding hydrogens is 288 g/mol. The quantitative estimate of drug-likeness (QED) is 0.360. The molecule has 0 amide bonds. The summed E-state index contributed by atoms with van der Waals surface area (Å²) in [5.74, 6) is 1.02. The van der Waals surface area contributed by atoms with Crippen molar-refractivity contribution in [3.8, 4) is 5.75 Å². The lowest BCUT2D eigenvalue weighted by molar-refractivity contribution is 0.0954. The van der Waals surface area contributed by atoms with Crippen molar-refractivity contribution in [3.05, 3.63) is 54.6 Å². The van der Waals surface area contributed by atoms with Crippen LogP contribution in [0.2, 0.25) is 0 Å². The molecule has 0 radical (unpaired) electrons. The van der Waals surface area contributed by atoms with Gasteiger partial charge >= 0.3 is 6.16 Å². The number of hydrogen-bond donors (Lipinski definition) is 0. The number of ether oxygens (including phenoxy) is 2. The first-order valence-electron chi connectivity index (χ1n) is 7.89. The molecule has 0 saturated heterocycles. The van der Waals surface area contributed by atoms with Crippen LogP contribution in [-0.2, 0) is 4.74 Å². The minimum absolute atomic E-state index is 0.379. The molecule has 3 rings (SSSR count). The number of fused-ring (bicyclic) bond motifs is 2. The third-order valence-electron chi connectivity index (χ3n) is 3.82. The number of benzene rings is 3. The smallest absolute Gasteiger partial charge is 0.434 e. The van der Waals surface area contributed by atoms with Gasteiger partial charge in [-0.25, -0.2) is 4.79 Å². The maximum atomic E-state index is 11.9. The van der Waals surface area contributed by atoms with Crippen LogP contribution in [0.1, 0.15) is 20.3 Å². The molecule has 23 heavy (non-hydrogen) atoms. The van der Waals surface area contributed by atoms with E-state index in [0.717, 1.165) is 28.0 Å². The van der Waals surface area contributed by atoms with E-state index in [1.54, 1.807) is 6.07 Å². The Bertz CT molecular complexity index is 837. The van der Waals surface area contributed by atoms with Crippen molar-refractivity contribution in [3.63, 3.8) is 0 Å². The zero-order chi connectivity index (χ0) is 16.2. The van der Waals surface area contributed by atoms with Crippen LogP contribution in [0.4, 0.5) is 4.79 Å². The zero-order valence-corrected chi connectivity index (χ0v) is 13.4. The van der Waals surface area contributed by atoms with Crippen LogP contribution in [0.15, 0.2) is 54.6 Å². The van der Waals surface area contributed by atoms with Gasteiger partial charge in [-0.2, -0.15) is 0 Å². The van der Waals surface area contributed by atoms with Gasteiger partial charge in [-0.15, -0.1) is 0 Å². The van der Waals surface area contributed by atoms with E-state index in [1.165, 1.54) is 0 Å². The Balaban J connectivity index is 1.85. The molecule has 0 heterocycles. The van der Waals surface area contributed by atoms with E-state index in [9.17, 15) is 4.79 Å². The van der Waals surface area contributed by atoms with Crippen LogP contribution in [-0.4, -0.2) is 12.8 Å². The fraction of sp³-hybridized carbons (Fsp3) is 0.250. The molecule has 0 atom stereocenters. The summed E-state index contributed by atoms with van der Waals surface area (Å²) in [4.78, 5) is 11.9. The molecule has 0 N–H and O–H groups in total. The maximum Gasteiger partial charge on any atom is 0.513 e. The molecule has 3 aromatic carbocycles. The lowest BCUT2D eigenvalue weighted by Gasteiger charge is -2.10. The van der Waals surface area contributed by atoms with Crippen molar-refractivity contribution in [2.45, 2.75) is 20.3 Å². The largest absolute Gasteiger partial charge is 0.513 e. The molecule has 3 nitrogen and oxygen atoms in total. The van der Waals surface area contributed by atoms with Crippen molar-refractivity contribution in [2.24, 2.45) is 5.92 Å². The monoisotopic (exact) mass is 308 g/mol. The molecule has 0 aliphatic rings. The Morgan fingerprint density at radius 3 is 2.39 bits per heavy atom. The number of hydrogen-bond acceptors (Lipinski definition) is 3. The second-order valence-corrected chi connectivity index (χ2v) is 6.06. The van der Waals surface area contributed by atoms with E-state index in [4.69, 9.17) is 9.47 Å². The maximum absolute atomic E-state index is 11.9. The molecule has 3 heteroatoms. The summed E-state index contributed by atoms with van der Waals surface area (Å²) >= 11 is 0. The van der Waals surface area contributed by atoms with Crippen LogP contribution in [0, 0.1) is 5.92 Å². The van der Waals surface area contributed by atoms with E-state index in [0.29, 0.717) is 18.3 Å². The molecule has 3 aromatic rings. The first-order chi connectivity index (χ1) is 11.1. The average Bonchev–Trinajstić information content (AvgIpc) is 2.53. The van der Waals surface area contributed by atoms with E-state index >= 15 is 0 Å². The minimum atomic E-state index is -0.647. The van der Waals surface area contributed by atoms with Crippen LogP contribution < -0.4 is 4.74 Å². The molecule has 0 bridgehead atoms. The molecule has 0 saturated carbocycles. The zero-order valence-electron chi connectivity index (χ0n) is 13.4. The summed E-state index contributed by atoms with van der Waals surface area (Å²) in [7, 11) is 0. The Hall–Kier alpha value is -2.55. The van der Waals surface area contributed by atoms with Gasteiger partial charge in [0.1, 0.15) is 5.75 Å². The van der Waals surface area contributed by atoms with Crippen LogP contribution >= 0.6 is 0 Å². The predicted octanol–water partition coefficient (Wildman–Crippen LogP) is 5.55. The molecule has 0 aliphatic carbocycles. The van der Waals surface area contributed by atoms with Crippen LogP contribution in [0.3, 0.4) is 0 Å².